The number of ether oxygens (including phenoxy) is 6. The summed E-state index contributed by atoms with van der Waals surface area (Å²) in [4.78, 5) is 18.2. The SMILES string of the molecule is COC(=O)[C@@H]1C(C=Nc2cc(C)c(C)cc2N)=Cc2cc3c(cc2[C@H]1c1cc(OC)c(OC)c(OC)c1)OCO3. The van der Waals surface area contributed by atoms with Crippen LogP contribution >= 0.6 is 0 Å². The van der Waals surface area contributed by atoms with Gasteiger partial charge in [0.15, 0.2) is 23.0 Å². The lowest BCUT2D eigenvalue weighted by Gasteiger charge is -2.32. The normalized spacial score (nSPS) is 17.3. The maximum absolute atomic E-state index is 13.5. The Labute approximate surface area is 233 Å². The van der Waals surface area contributed by atoms with E-state index in [9.17, 15) is 4.79 Å². The number of methoxy groups -OCH3 is 4. The zero-order valence-electron chi connectivity index (χ0n) is 23.4. The molecule has 5 rings (SSSR count). The van der Waals surface area contributed by atoms with E-state index in [-0.39, 0.29) is 6.79 Å². The largest absolute Gasteiger partial charge is 0.493 e. The molecule has 0 aromatic heterocycles. The van der Waals surface area contributed by atoms with Gasteiger partial charge in [0.1, 0.15) is 0 Å². The van der Waals surface area contributed by atoms with Crippen molar-refractivity contribution in [1.82, 2.24) is 0 Å². The van der Waals surface area contributed by atoms with Crippen LogP contribution in [0.15, 0.2) is 47.0 Å². The highest BCUT2D eigenvalue weighted by Gasteiger charge is 2.40. The van der Waals surface area contributed by atoms with E-state index in [1.807, 2.05) is 56.3 Å². The Kier molecular flexibility index (Phi) is 7.30. The number of hydrogen-bond acceptors (Lipinski definition) is 9. The molecule has 2 aliphatic rings. The first-order valence-electron chi connectivity index (χ1n) is 12.7. The average Bonchev–Trinajstić information content (AvgIpc) is 3.42. The molecule has 1 heterocycles. The van der Waals surface area contributed by atoms with Gasteiger partial charge in [-0.25, -0.2) is 0 Å². The number of carbonyl (C=O) groups excluding carboxylic acids is 1. The minimum absolute atomic E-state index is 0.123. The monoisotopic (exact) mass is 544 g/mol. The smallest absolute Gasteiger partial charge is 0.314 e. The Balaban J connectivity index is 1.73. The van der Waals surface area contributed by atoms with Gasteiger partial charge in [-0.3, -0.25) is 9.79 Å². The predicted molar refractivity (Wildman–Crippen MR) is 152 cm³/mol. The molecule has 1 aliphatic heterocycles. The Morgan fingerprint density at radius 2 is 1.57 bits per heavy atom. The molecule has 9 nitrogen and oxygen atoms in total. The third-order valence-corrected chi connectivity index (χ3v) is 7.42. The number of nitrogens with zero attached hydrogens (tertiary/aromatic N) is 1. The highest BCUT2D eigenvalue weighted by Crippen LogP contribution is 2.50. The van der Waals surface area contributed by atoms with Gasteiger partial charge < -0.3 is 34.2 Å². The second-order valence-corrected chi connectivity index (χ2v) is 9.67. The van der Waals surface area contributed by atoms with Crippen LogP contribution in [-0.2, 0) is 9.53 Å². The van der Waals surface area contributed by atoms with Gasteiger partial charge in [0.25, 0.3) is 0 Å². The van der Waals surface area contributed by atoms with Gasteiger partial charge in [-0.05, 0) is 89.7 Å². The molecule has 0 saturated heterocycles. The number of benzene rings is 3. The fourth-order valence-electron chi connectivity index (χ4n) is 5.26. The summed E-state index contributed by atoms with van der Waals surface area (Å²) in [7, 11) is 6.03. The van der Waals surface area contributed by atoms with Gasteiger partial charge in [0, 0.05) is 12.1 Å². The number of anilines is 1. The fraction of sp³-hybridized carbons (Fsp3) is 0.290. The van der Waals surface area contributed by atoms with Crippen molar-refractivity contribution in [2.24, 2.45) is 10.9 Å². The predicted octanol–water partition coefficient (Wildman–Crippen LogP) is 5.36. The molecule has 0 fully saturated rings. The summed E-state index contributed by atoms with van der Waals surface area (Å²) in [6.07, 6.45) is 3.61. The van der Waals surface area contributed by atoms with Gasteiger partial charge in [0.2, 0.25) is 12.5 Å². The van der Waals surface area contributed by atoms with E-state index >= 15 is 0 Å². The van der Waals surface area contributed by atoms with E-state index in [0.717, 1.165) is 27.8 Å². The van der Waals surface area contributed by atoms with Crippen molar-refractivity contribution in [3.63, 3.8) is 0 Å². The summed E-state index contributed by atoms with van der Waals surface area (Å²) in [6, 6.07) is 11.3. The molecule has 9 heteroatoms. The van der Waals surface area contributed by atoms with E-state index in [4.69, 9.17) is 39.1 Å². The van der Waals surface area contributed by atoms with Crippen molar-refractivity contribution in [3.8, 4) is 28.7 Å². The zero-order valence-corrected chi connectivity index (χ0v) is 23.4. The van der Waals surface area contributed by atoms with Crippen LogP contribution in [0, 0.1) is 19.8 Å². The molecule has 2 atom stereocenters. The van der Waals surface area contributed by atoms with Gasteiger partial charge in [-0.2, -0.15) is 0 Å². The molecule has 0 saturated carbocycles. The Hall–Kier alpha value is -4.66. The van der Waals surface area contributed by atoms with Crippen LogP contribution in [0.4, 0.5) is 11.4 Å². The van der Waals surface area contributed by atoms with Crippen molar-refractivity contribution < 1.29 is 33.2 Å². The molecule has 40 heavy (non-hydrogen) atoms. The summed E-state index contributed by atoms with van der Waals surface area (Å²) < 4.78 is 33.5. The number of rotatable bonds is 7. The van der Waals surface area contributed by atoms with Gasteiger partial charge in [-0.1, -0.05) is 0 Å². The van der Waals surface area contributed by atoms with Crippen LogP contribution in [0.2, 0.25) is 0 Å². The summed E-state index contributed by atoms with van der Waals surface area (Å²) in [6.45, 7) is 4.13. The Bertz CT molecular complexity index is 1520. The second kappa shape index (κ2) is 10.8. The van der Waals surface area contributed by atoms with Crippen LogP contribution in [0.1, 0.15) is 33.7 Å². The maximum Gasteiger partial charge on any atom is 0.314 e. The molecule has 1 aliphatic carbocycles. The molecule has 2 N–H and O–H groups in total. The summed E-state index contributed by atoms with van der Waals surface area (Å²) >= 11 is 0. The molecular weight excluding hydrogens is 512 g/mol. The van der Waals surface area contributed by atoms with Crippen molar-refractivity contribution in [2.75, 3.05) is 41.0 Å². The average molecular weight is 545 g/mol. The molecule has 0 unspecified atom stereocenters. The quantitative estimate of drug-likeness (QED) is 0.240. The van der Waals surface area contributed by atoms with Crippen LogP contribution < -0.4 is 29.4 Å². The second-order valence-electron chi connectivity index (χ2n) is 9.67. The number of hydrogen-bond donors (Lipinski definition) is 1. The molecule has 3 aromatic rings. The van der Waals surface area contributed by atoms with E-state index < -0.39 is 17.8 Å². The highest BCUT2D eigenvalue weighted by atomic mass is 16.7. The highest BCUT2D eigenvalue weighted by molar-refractivity contribution is 5.98. The third kappa shape index (κ3) is 4.68. The molecule has 0 radical (unpaired) electrons. The van der Waals surface area contributed by atoms with E-state index in [1.54, 1.807) is 27.5 Å². The van der Waals surface area contributed by atoms with Gasteiger partial charge in [0.05, 0.1) is 45.7 Å². The van der Waals surface area contributed by atoms with Crippen molar-refractivity contribution in [1.29, 1.82) is 0 Å². The molecule has 208 valence electrons. The standard InChI is InChI=1S/C31H32N2O7/c1-16-7-22(32)23(8-17(16)2)33-14-20-9-18-10-24-25(40-15-39-24)13-21(18)28(29(20)31(34)38-6)19-11-26(35-3)30(37-5)27(12-19)36-4/h7-14,28-29H,15,32H2,1-6H3/t28-,29-/m1/s1. The molecule has 0 spiro atoms. The van der Waals surface area contributed by atoms with Crippen LogP contribution in [0.25, 0.3) is 6.08 Å². The first kappa shape index (κ1) is 26.9. The topological polar surface area (TPSA) is 111 Å². The molecule has 3 aromatic carbocycles. The molecule has 0 bridgehead atoms. The van der Waals surface area contributed by atoms with Crippen molar-refractivity contribution in [2.45, 2.75) is 19.8 Å². The Morgan fingerprint density at radius 1 is 0.925 bits per heavy atom. The number of fused-ring (bicyclic) bond motifs is 2. The molecule has 0 amide bonds. The van der Waals surface area contributed by atoms with Gasteiger partial charge >= 0.3 is 5.97 Å². The van der Waals surface area contributed by atoms with E-state index in [2.05, 4.69) is 0 Å². The number of carbonyl (C=O) groups is 1. The van der Waals surface area contributed by atoms with Gasteiger partial charge in [-0.15, -0.1) is 0 Å². The number of aliphatic imine (C=N–C) groups is 1. The fourth-order valence-corrected chi connectivity index (χ4v) is 5.26. The van der Waals surface area contributed by atoms with Crippen LogP contribution in [-0.4, -0.2) is 47.4 Å². The lowest BCUT2D eigenvalue weighted by Crippen LogP contribution is -2.30. The van der Waals surface area contributed by atoms with Crippen LogP contribution in [0.5, 0.6) is 28.7 Å². The minimum Gasteiger partial charge on any atom is -0.493 e. The number of esters is 1. The number of nitrogen functional groups attached to an aromatic ring is 1. The van der Waals surface area contributed by atoms with Crippen molar-refractivity contribution >= 4 is 29.6 Å². The lowest BCUT2D eigenvalue weighted by molar-refractivity contribution is -0.144. The third-order valence-electron chi connectivity index (χ3n) is 7.42. The first-order valence-corrected chi connectivity index (χ1v) is 12.7. The Morgan fingerprint density at radius 3 is 2.20 bits per heavy atom. The lowest BCUT2D eigenvalue weighted by atomic mass is 9.71. The molecular formula is C31H32N2O7. The van der Waals surface area contributed by atoms with E-state index in [1.165, 1.54) is 7.11 Å². The maximum atomic E-state index is 13.5. The van der Waals surface area contributed by atoms with Crippen LogP contribution in [0.3, 0.4) is 0 Å². The number of nitrogens with two attached hydrogens (primary N) is 1. The number of aryl methyl sites for hydroxylation is 2. The summed E-state index contributed by atoms with van der Waals surface area (Å²) in [5.74, 6) is 0.941. The summed E-state index contributed by atoms with van der Waals surface area (Å²) in [5, 5.41) is 0. The minimum atomic E-state index is -0.753. The summed E-state index contributed by atoms with van der Waals surface area (Å²) in [5.41, 5.74) is 12.7. The first-order chi connectivity index (χ1) is 19.3. The van der Waals surface area contributed by atoms with E-state index in [0.29, 0.717) is 45.7 Å². The zero-order chi connectivity index (χ0) is 28.6. The van der Waals surface area contributed by atoms with Crippen molar-refractivity contribution in [3.05, 3.63) is 69.8 Å².